The van der Waals surface area contributed by atoms with E-state index in [1.165, 1.54) is 0 Å². The van der Waals surface area contributed by atoms with Crippen molar-refractivity contribution >= 4 is 0 Å². The van der Waals surface area contributed by atoms with Crippen LogP contribution in [0.15, 0.2) is 12.1 Å². The van der Waals surface area contributed by atoms with Gasteiger partial charge in [-0.25, -0.2) is 4.39 Å². The molecule has 0 aromatic heterocycles. The Morgan fingerprint density at radius 3 is 2.32 bits per heavy atom. The summed E-state index contributed by atoms with van der Waals surface area (Å²) >= 11 is 0. The molecule has 1 unspecified atom stereocenters. The molecular weight excluding hydrogens is 245 g/mol. The van der Waals surface area contributed by atoms with Crippen molar-refractivity contribution in [1.82, 2.24) is 5.32 Å². The van der Waals surface area contributed by atoms with Crippen LogP contribution in [0, 0.1) is 0 Å². The molecule has 0 saturated carbocycles. The third-order valence-corrected chi connectivity index (χ3v) is 3.70. The van der Waals surface area contributed by atoms with Gasteiger partial charge in [0.15, 0.2) is 11.5 Å². The fraction of sp³-hybridized carbons (Fsp3) is 0.600. The van der Waals surface area contributed by atoms with Crippen LogP contribution >= 0.6 is 0 Å². The molecule has 0 bridgehead atoms. The molecule has 0 amide bonds. The van der Waals surface area contributed by atoms with Gasteiger partial charge in [0.1, 0.15) is 5.67 Å². The monoisotopic (exact) mass is 267 g/mol. The lowest BCUT2D eigenvalue weighted by atomic mass is 9.86. The molecule has 2 rings (SSSR count). The highest BCUT2D eigenvalue weighted by Crippen LogP contribution is 2.41. The van der Waals surface area contributed by atoms with Crippen LogP contribution in [-0.2, 0) is 5.67 Å². The summed E-state index contributed by atoms with van der Waals surface area (Å²) in [6.07, 6.45) is 1.03. The summed E-state index contributed by atoms with van der Waals surface area (Å²) in [4.78, 5) is 0. The number of ether oxygens (including phenoxy) is 2. The predicted octanol–water partition coefficient (Wildman–Crippen LogP) is 2.99. The number of hydrogen-bond donors (Lipinski definition) is 1. The zero-order valence-electron chi connectivity index (χ0n) is 12.0. The summed E-state index contributed by atoms with van der Waals surface area (Å²) in [6, 6.07) is 3.69. The van der Waals surface area contributed by atoms with Gasteiger partial charge in [-0.05, 0) is 56.0 Å². The second-order valence-electron chi connectivity index (χ2n) is 5.46. The van der Waals surface area contributed by atoms with Crippen LogP contribution in [0.3, 0.4) is 0 Å². The minimum atomic E-state index is -1.39. The predicted molar refractivity (Wildman–Crippen MR) is 73.9 cm³/mol. The molecule has 1 aromatic carbocycles. The Morgan fingerprint density at radius 2 is 1.84 bits per heavy atom. The number of methoxy groups -OCH3 is 2. The summed E-state index contributed by atoms with van der Waals surface area (Å²) in [6.45, 7) is 5.03. The molecule has 1 heterocycles. The lowest BCUT2D eigenvalue weighted by Gasteiger charge is -2.24. The molecule has 1 atom stereocenters. The number of rotatable bonds is 4. The highest BCUT2D eigenvalue weighted by Gasteiger charge is 2.29. The van der Waals surface area contributed by atoms with E-state index in [9.17, 15) is 4.39 Å². The molecule has 1 aliphatic rings. The Morgan fingerprint density at radius 1 is 1.21 bits per heavy atom. The summed E-state index contributed by atoms with van der Waals surface area (Å²) in [7, 11) is 3.18. The third-order valence-electron chi connectivity index (χ3n) is 3.70. The SMILES string of the molecule is COc1cc(C2CCNC2)c(C(C)(C)F)cc1OC. The van der Waals surface area contributed by atoms with Crippen LogP contribution in [0.25, 0.3) is 0 Å². The molecule has 4 heteroatoms. The highest BCUT2D eigenvalue weighted by atomic mass is 19.1. The molecule has 3 nitrogen and oxygen atoms in total. The maximum absolute atomic E-state index is 14.5. The van der Waals surface area contributed by atoms with Gasteiger partial charge >= 0.3 is 0 Å². The quantitative estimate of drug-likeness (QED) is 0.909. The van der Waals surface area contributed by atoms with Gasteiger partial charge in [0, 0.05) is 6.54 Å². The van der Waals surface area contributed by atoms with E-state index in [0.29, 0.717) is 23.0 Å². The minimum absolute atomic E-state index is 0.338. The smallest absolute Gasteiger partial charge is 0.161 e. The summed E-state index contributed by atoms with van der Waals surface area (Å²) in [5, 5.41) is 3.32. The Kier molecular flexibility index (Phi) is 3.99. The zero-order chi connectivity index (χ0) is 14.0. The van der Waals surface area contributed by atoms with E-state index in [2.05, 4.69) is 5.32 Å². The molecule has 0 radical (unpaired) electrons. The van der Waals surface area contributed by atoms with Gasteiger partial charge in [-0.3, -0.25) is 0 Å². The first-order chi connectivity index (χ1) is 8.97. The van der Waals surface area contributed by atoms with E-state index in [1.54, 1.807) is 34.1 Å². The lowest BCUT2D eigenvalue weighted by Crippen LogP contribution is -2.17. The number of alkyl halides is 1. The fourth-order valence-corrected chi connectivity index (χ4v) is 2.67. The molecule has 0 aliphatic carbocycles. The minimum Gasteiger partial charge on any atom is -0.493 e. The van der Waals surface area contributed by atoms with Gasteiger partial charge in [-0.15, -0.1) is 0 Å². The van der Waals surface area contributed by atoms with E-state index in [1.807, 2.05) is 6.07 Å². The van der Waals surface area contributed by atoms with Crippen molar-refractivity contribution in [3.63, 3.8) is 0 Å². The molecule has 1 fully saturated rings. The molecular formula is C15H22FNO2. The second kappa shape index (κ2) is 5.37. The first kappa shape index (κ1) is 14.1. The van der Waals surface area contributed by atoms with Crippen LogP contribution in [-0.4, -0.2) is 27.3 Å². The van der Waals surface area contributed by atoms with Crippen LogP contribution in [0.1, 0.15) is 37.3 Å². The molecule has 1 N–H and O–H groups in total. The standard InChI is InChI=1S/C15H22FNO2/c1-15(2,16)12-8-14(19-4)13(18-3)7-11(12)10-5-6-17-9-10/h7-8,10,17H,5-6,9H2,1-4H3. The first-order valence-corrected chi connectivity index (χ1v) is 6.63. The van der Waals surface area contributed by atoms with E-state index in [-0.39, 0.29) is 0 Å². The van der Waals surface area contributed by atoms with E-state index in [4.69, 9.17) is 9.47 Å². The summed E-state index contributed by atoms with van der Waals surface area (Å²) in [5.74, 6) is 1.58. The van der Waals surface area contributed by atoms with E-state index < -0.39 is 5.67 Å². The van der Waals surface area contributed by atoms with Crippen molar-refractivity contribution in [3.05, 3.63) is 23.3 Å². The topological polar surface area (TPSA) is 30.5 Å². The van der Waals surface area contributed by atoms with E-state index in [0.717, 1.165) is 25.1 Å². The molecule has 1 saturated heterocycles. The Balaban J connectivity index is 2.54. The molecule has 0 spiro atoms. The van der Waals surface area contributed by atoms with Gasteiger partial charge in [-0.1, -0.05) is 0 Å². The van der Waals surface area contributed by atoms with Crippen molar-refractivity contribution in [2.45, 2.75) is 31.9 Å². The lowest BCUT2D eigenvalue weighted by molar-refractivity contribution is 0.217. The maximum atomic E-state index is 14.5. The van der Waals surface area contributed by atoms with Crippen molar-refractivity contribution in [1.29, 1.82) is 0 Å². The average Bonchev–Trinajstić information content (AvgIpc) is 2.89. The van der Waals surface area contributed by atoms with Crippen LogP contribution in [0.2, 0.25) is 0 Å². The Labute approximate surface area is 114 Å². The number of halogens is 1. The molecule has 106 valence electrons. The maximum Gasteiger partial charge on any atom is 0.161 e. The molecule has 1 aliphatic heterocycles. The van der Waals surface area contributed by atoms with Crippen molar-refractivity contribution in [2.75, 3.05) is 27.3 Å². The largest absolute Gasteiger partial charge is 0.493 e. The van der Waals surface area contributed by atoms with Crippen LogP contribution in [0.5, 0.6) is 11.5 Å². The van der Waals surface area contributed by atoms with E-state index >= 15 is 0 Å². The number of hydrogen-bond acceptors (Lipinski definition) is 3. The third kappa shape index (κ3) is 2.84. The second-order valence-corrected chi connectivity index (χ2v) is 5.46. The zero-order valence-corrected chi connectivity index (χ0v) is 12.0. The average molecular weight is 267 g/mol. The first-order valence-electron chi connectivity index (χ1n) is 6.63. The Bertz CT molecular complexity index is 448. The molecule has 19 heavy (non-hydrogen) atoms. The summed E-state index contributed by atoms with van der Waals surface area (Å²) < 4.78 is 25.1. The van der Waals surface area contributed by atoms with Gasteiger partial charge in [0.25, 0.3) is 0 Å². The normalized spacial score (nSPS) is 19.5. The van der Waals surface area contributed by atoms with Crippen LogP contribution < -0.4 is 14.8 Å². The van der Waals surface area contributed by atoms with Crippen molar-refractivity contribution < 1.29 is 13.9 Å². The van der Waals surface area contributed by atoms with Crippen molar-refractivity contribution in [2.24, 2.45) is 0 Å². The van der Waals surface area contributed by atoms with Crippen molar-refractivity contribution in [3.8, 4) is 11.5 Å². The number of benzene rings is 1. The van der Waals surface area contributed by atoms with Gasteiger partial charge in [-0.2, -0.15) is 0 Å². The van der Waals surface area contributed by atoms with Gasteiger partial charge in [0.2, 0.25) is 0 Å². The Hall–Kier alpha value is -1.29. The highest BCUT2D eigenvalue weighted by molar-refractivity contribution is 5.50. The molecule has 1 aromatic rings. The fourth-order valence-electron chi connectivity index (χ4n) is 2.67. The summed E-state index contributed by atoms with van der Waals surface area (Å²) in [5.41, 5.74) is 0.325. The van der Waals surface area contributed by atoms with Gasteiger partial charge < -0.3 is 14.8 Å². The number of nitrogens with one attached hydrogen (secondary N) is 1. The van der Waals surface area contributed by atoms with Gasteiger partial charge in [0.05, 0.1) is 14.2 Å². The van der Waals surface area contributed by atoms with Crippen LogP contribution in [0.4, 0.5) is 4.39 Å².